The van der Waals surface area contributed by atoms with Gasteiger partial charge in [0.1, 0.15) is 5.75 Å². The molecule has 2 aromatic carbocycles. The second-order valence-corrected chi connectivity index (χ2v) is 8.53. The second-order valence-electron chi connectivity index (χ2n) is 6.00. The number of hydrazine groups is 1. The van der Waals surface area contributed by atoms with Crippen molar-refractivity contribution in [1.29, 1.82) is 0 Å². The third-order valence-corrected chi connectivity index (χ3v) is 5.88. The van der Waals surface area contributed by atoms with Crippen LogP contribution in [0.5, 0.6) is 5.75 Å². The minimum Gasteiger partial charge on any atom is -0.493 e. The molecule has 7 nitrogen and oxygen atoms in total. The van der Waals surface area contributed by atoms with E-state index in [1.165, 1.54) is 0 Å². The molecule has 0 unspecified atom stereocenters. The first-order chi connectivity index (χ1) is 14.3. The molecule has 2 amide bonds. The maximum Gasteiger partial charge on any atom is 0.306 e. The minimum atomic E-state index is -0.930. The number of hydrogen-bond donors (Lipinski definition) is 2. The molecule has 2 aromatic rings. The Labute approximate surface area is 190 Å². The summed E-state index contributed by atoms with van der Waals surface area (Å²) in [6, 6.07) is 13.7. The number of hydrogen-bond acceptors (Lipinski definition) is 6. The smallest absolute Gasteiger partial charge is 0.306 e. The van der Waals surface area contributed by atoms with Gasteiger partial charge in [-0.05, 0) is 64.1 Å². The van der Waals surface area contributed by atoms with E-state index in [-0.39, 0.29) is 17.3 Å². The van der Waals surface area contributed by atoms with Crippen LogP contribution in [0.1, 0.15) is 22.3 Å². The highest BCUT2D eigenvalue weighted by atomic mass is 79.9. The molecule has 0 aromatic heterocycles. The molecule has 1 aliphatic heterocycles. The summed E-state index contributed by atoms with van der Waals surface area (Å²) in [6.45, 7) is 0.0740. The SMILES string of the molecule is O=C(O)CCOc1ccc(/C=C2/SC(=S)N(NC(=O)c3ccccc3Br)C2=O)cc1. The van der Waals surface area contributed by atoms with E-state index in [9.17, 15) is 14.4 Å². The van der Waals surface area contributed by atoms with E-state index in [4.69, 9.17) is 22.1 Å². The quantitative estimate of drug-likeness (QED) is 0.434. The molecule has 0 atom stereocenters. The molecule has 0 saturated carbocycles. The van der Waals surface area contributed by atoms with Crippen LogP contribution in [-0.4, -0.2) is 38.8 Å². The fourth-order valence-corrected chi connectivity index (χ4v) is 4.08. The number of halogens is 1. The number of carbonyl (C=O) groups excluding carboxylic acids is 2. The van der Waals surface area contributed by atoms with Gasteiger partial charge in [0.2, 0.25) is 0 Å². The fourth-order valence-electron chi connectivity index (χ4n) is 2.44. The highest BCUT2D eigenvalue weighted by Crippen LogP contribution is 2.32. The van der Waals surface area contributed by atoms with Crippen molar-refractivity contribution in [2.24, 2.45) is 0 Å². The number of nitrogens with one attached hydrogen (secondary N) is 1. The van der Waals surface area contributed by atoms with Crippen LogP contribution in [0.2, 0.25) is 0 Å². The number of thiocarbonyl (C=S) groups is 1. The summed E-state index contributed by atoms with van der Waals surface area (Å²) in [5.41, 5.74) is 3.65. The Hall–Kier alpha value is -2.69. The van der Waals surface area contributed by atoms with Crippen LogP contribution in [0.15, 0.2) is 57.9 Å². The van der Waals surface area contributed by atoms with E-state index >= 15 is 0 Å². The van der Waals surface area contributed by atoms with Crippen molar-refractivity contribution < 1.29 is 24.2 Å². The average molecular weight is 507 g/mol. The lowest BCUT2D eigenvalue weighted by Crippen LogP contribution is -2.44. The first-order valence-corrected chi connectivity index (χ1v) is 10.6. The number of carbonyl (C=O) groups is 3. The molecule has 1 aliphatic rings. The van der Waals surface area contributed by atoms with E-state index in [0.717, 1.165) is 22.3 Å². The van der Waals surface area contributed by atoms with Gasteiger partial charge < -0.3 is 9.84 Å². The standard InChI is InChI=1S/C20H15BrN2O5S2/c21-15-4-2-1-3-14(15)18(26)22-23-19(27)16(30-20(23)29)11-12-5-7-13(8-6-12)28-10-9-17(24)25/h1-8,11H,9-10H2,(H,22,26)(H,24,25)/b16-11+. The molecule has 1 heterocycles. The summed E-state index contributed by atoms with van der Waals surface area (Å²) >= 11 is 9.63. The monoisotopic (exact) mass is 506 g/mol. The Bertz CT molecular complexity index is 1040. The minimum absolute atomic E-state index is 0.0740. The number of ether oxygens (including phenoxy) is 1. The van der Waals surface area contributed by atoms with Gasteiger partial charge in [0.05, 0.1) is 23.5 Å². The molecule has 30 heavy (non-hydrogen) atoms. The fraction of sp³-hybridized carbons (Fsp3) is 0.100. The molecule has 154 valence electrons. The lowest BCUT2D eigenvalue weighted by molar-refractivity contribution is -0.137. The van der Waals surface area contributed by atoms with Gasteiger partial charge in [-0.25, -0.2) is 0 Å². The zero-order chi connectivity index (χ0) is 21.7. The van der Waals surface area contributed by atoms with Gasteiger partial charge in [0.15, 0.2) is 4.32 Å². The average Bonchev–Trinajstić information content (AvgIpc) is 2.96. The molecule has 0 radical (unpaired) electrons. The molecule has 3 rings (SSSR count). The molecule has 1 fully saturated rings. The van der Waals surface area contributed by atoms with Gasteiger partial charge in [0.25, 0.3) is 11.8 Å². The van der Waals surface area contributed by atoms with E-state index in [2.05, 4.69) is 21.4 Å². The van der Waals surface area contributed by atoms with Crippen LogP contribution in [0, 0.1) is 0 Å². The van der Waals surface area contributed by atoms with Gasteiger partial charge in [0, 0.05) is 4.47 Å². The van der Waals surface area contributed by atoms with Crippen molar-refractivity contribution in [3.8, 4) is 5.75 Å². The number of aliphatic carboxylic acids is 1. The van der Waals surface area contributed by atoms with Gasteiger partial charge in [-0.2, -0.15) is 5.01 Å². The predicted octanol–water partition coefficient (Wildman–Crippen LogP) is 3.85. The molecule has 2 N–H and O–H groups in total. The van der Waals surface area contributed by atoms with Crippen molar-refractivity contribution in [2.75, 3.05) is 6.61 Å². The van der Waals surface area contributed by atoms with Crippen LogP contribution < -0.4 is 10.2 Å². The molecule has 0 spiro atoms. The molecule has 1 saturated heterocycles. The summed E-state index contributed by atoms with van der Waals surface area (Å²) < 4.78 is 6.17. The Morgan fingerprint density at radius 3 is 2.57 bits per heavy atom. The molecule has 0 bridgehead atoms. The third kappa shape index (κ3) is 5.47. The Morgan fingerprint density at radius 2 is 1.90 bits per heavy atom. The van der Waals surface area contributed by atoms with Crippen molar-refractivity contribution in [1.82, 2.24) is 10.4 Å². The van der Waals surface area contributed by atoms with Crippen LogP contribution in [0.3, 0.4) is 0 Å². The first-order valence-electron chi connectivity index (χ1n) is 8.63. The number of thioether (sulfide) groups is 1. The van der Waals surface area contributed by atoms with E-state index in [1.54, 1.807) is 54.6 Å². The van der Waals surface area contributed by atoms with Gasteiger partial charge in [-0.1, -0.05) is 36.0 Å². The topological polar surface area (TPSA) is 95.9 Å². The summed E-state index contributed by atoms with van der Waals surface area (Å²) in [7, 11) is 0. The Balaban J connectivity index is 1.66. The number of benzene rings is 2. The first kappa shape index (κ1) is 22.0. The third-order valence-electron chi connectivity index (χ3n) is 3.89. The van der Waals surface area contributed by atoms with Crippen molar-refractivity contribution >= 4 is 68.1 Å². The van der Waals surface area contributed by atoms with Gasteiger partial charge >= 0.3 is 5.97 Å². The Morgan fingerprint density at radius 1 is 1.20 bits per heavy atom. The maximum atomic E-state index is 12.7. The molecular weight excluding hydrogens is 492 g/mol. The number of nitrogens with zero attached hydrogens (tertiary/aromatic N) is 1. The van der Waals surface area contributed by atoms with Crippen LogP contribution in [0.4, 0.5) is 0 Å². The van der Waals surface area contributed by atoms with E-state index in [1.807, 2.05) is 0 Å². The van der Waals surface area contributed by atoms with Crippen LogP contribution >= 0.6 is 39.9 Å². The number of amides is 2. The van der Waals surface area contributed by atoms with Crippen LogP contribution in [0.25, 0.3) is 6.08 Å². The largest absolute Gasteiger partial charge is 0.493 e. The van der Waals surface area contributed by atoms with Crippen molar-refractivity contribution in [2.45, 2.75) is 6.42 Å². The maximum absolute atomic E-state index is 12.7. The lowest BCUT2D eigenvalue weighted by atomic mass is 10.2. The highest BCUT2D eigenvalue weighted by Gasteiger charge is 2.34. The van der Waals surface area contributed by atoms with Gasteiger partial charge in [-0.15, -0.1) is 0 Å². The lowest BCUT2D eigenvalue weighted by Gasteiger charge is -2.16. The van der Waals surface area contributed by atoms with Gasteiger partial charge in [-0.3, -0.25) is 19.8 Å². The van der Waals surface area contributed by atoms with Crippen LogP contribution in [-0.2, 0) is 9.59 Å². The highest BCUT2D eigenvalue weighted by molar-refractivity contribution is 9.10. The molecule has 10 heteroatoms. The molecular formula is C20H15BrN2O5S2. The Kier molecular flexibility index (Phi) is 7.24. The predicted molar refractivity (Wildman–Crippen MR) is 121 cm³/mol. The van der Waals surface area contributed by atoms with Crippen molar-refractivity contribution in [3.63, 3.8) is 0 Å². The number of rotatable bonds is 7. The zero-order valence-electron chi connectivity index (χ0n) is 15.3. The summed E-state index contributed by atoms with van der Waals surface area (Å²) in [6.07, 6.45) is 1.57. The second kappa shape index (κ2) is 9.88. The van der Waals surface area contributed by atoms with E-state index in [0.29, 0.717) is 20.7 Å². The molecule has 0 aliphatic carbocycles. The number of carboxylic acid groups (broad SMARTS) is 1. The summed E-state index contributed by atoms with van der Waals surface area (Å²) in [4.78, 5) is 36.0. The summed E-state index contributed by atoms with van der Waals surface area (Å²) in [5.74, 6) is -1.28. The summed E-state index contributed by atoms with van der Waals surface area (Å²) in [5, 5.41) is 9.68. The van der Waals surface area contributed by atoms with E-state index < -0.39 is 17.8 Å². The normalized spacial score (nSPS) is 14.8. The van der Waals surface area contributed by atoms with Crippen molar-refractivity contribution in [3.05, 3.63) is 69.0 Å². The zero-order valence-corrected chi connectivity index (χ0v) is 18.6. The number of carboxylic acids is 1.